The highest BCUT2D eigenvalue weighted by Crippen LogP contribution is 2.20. The molecule has 14 heavy (non-hydrogen) atoms. The van der Waals surface area contributed by atoms with E-state index in [1.807, 2.05) is 0 Å². The third-order valence-corrected chi connectivity index (χ3v) is 1.62. The fourth-order valence-electron chi connectivity index (χ4n) is 1.00. The maximum atomic E-state index is 13.1. The number of benzene rings is 1. The molecule has 0 fully saturated rings. The van der Waals surface area contributed by atoms with Gasteiger partial charge in [0.1, 0.15) is 23.6 Å². The van der Waals surface area contributed by atoms with Crippen LogP contribution in [0.3, 0.4) is 0 Å². The molecule has 4 nitrogen and oxygen atoms in total. The summed E-state index contributed by atoms with van der Waals surface area (Å²) in [5.74, 6) is -1.17. The molecule has 1 aromatic carbocycles. The molecule has 0 aliphatic carbocycles. The molecule has 0 aliphatic rings. The molecule has 0 saturated carbocycles. The van der Waals surface area contributed by atoms with Gasteiger partial charge in [-0.1, -0.05) is 6.07 Å². The van der Waals surface area contributed by atoms with Crippen LogP contribution in [0.4, 0.5) is 20.4 Å². The number of aromatic amines is 1. The third-order valence-electron chi connectivity index (χ3n) is 1.62. The minimum atomic E-state index is -0.679. The lowest BCUT2D eigenvalue weighted by molar-refractivity contribution is 0.590. The lowest BCUT2D eigenvalue weighted by atomic mass is 10.3. The van der Waals surface area contributed by atoms with E-state index in [1.54, 1.807) is 0 Å². The Labute approximate surface area is 78.0 Å². The molecular weight excluding hydrogens is 190 g/mol. The average molecular weight is 196 g/mol. The van der Waals surface area contributed by atoms with Crippen LogP contribution in [0, 0.1) is 11.6 Å². The molecule has 0 unspecified atom stereocenters. The predicted molar refractivity (Wildman–Crippen MR) is 46.0 cm³/mol. The number of para-hydroxylation sites is 1. The van der Waals surface area contributed by atoms with Crippen molar-refractivity contribution in [2.24, 2.45) is 0 Å². The Bertz CT molecular complexity index is 407. The number of nitrogens with zero attached hydrogens (tertiary/aromatic N) is 2. The van der Waals surface area contributed by atoms with E-state index in [-0.39, 0.29) is 11.6 Å². The topological polar surface area (TPSA) is 53.6 Å². The Kier molecular flexibility index (Phi) is 2.10. The molecule has 0 spiro atoms. The summed E-state index contributed by atoms with van der Waals surface area (Å²) < 4.78 is 26.2. The van der Waals surface area contributed by atoms with Gasteiger partial charge in [-0.3, -0.25) is 0 Å². The van der Waals surface area contributed by atoms with Crippen LogP contribution in [-0.4, -0.2) is 15.2 Å². The van der Waals surface area contributed by atoms with Gasteiger partial charge in [-0.2, -0.15) is 10.1 Å². The fourth-order valence-corrected chi connectivity index (χ4v) is 1.00. The van der Waals surface area contributed by atoms with Crippen molar-refractivity contribution in [2.75, 3.05) is 5.32 Å². The highest BCUT2D eigenvalue weighted by molar-refractivity contribution is 5.54. The summed E-state index contributed by atoms with van der Waals surface area (Å²) in [4.78, 5) is 3.68. The summed E-state index contributed by atoms with van der Waals surface area (Å²) in [6.45, 7) is 0. The van der Waals surface area contributed by atoms with Crippen LogP contribution in [0.25, 0.3) is 0 Å². The van der Waals surface area contributed by atoms with E-state index in [9.17, 15) is 8.78 Å². The summed E-state index contributed by atoms with van der Waals surface area (Å²) in [5.41, 5.74) is -0.246. The van der Waals surface area contributed by atoms with Crippen LogP contribution in [0.1, 0.15) is 0 Å². The highest BCUT2D eigenvalue weighted by Gasteiger charge is 2.08. The summed E-state index contributed by atoms with van der Waals surface area (Å²) in [6, 6.07) is 3.60. The SMILES string of the molecule is Fc1cccc(F)c1Nc1ncn[nH]1. The van der Waals surface area contributed by atoms with Crippen molar-refractivity contribution in [2.45, 2.75) is 0 Å². The molecule has 0 bridgehead atoms. The number of rotatable bonds is 2. The minimum Gasteiger partial charge on any atom is -0.320 e. The van der Waals surface area contributed by atoms with Crippen LogP contribution in [0.15, 0.2) is 24.5 Å². The molecule has 0 saturated heterocycles. The summed E-state index contributed by atoms with van der Waals surface area (Å²) in [7, 11) is 0. The zero-order chi connectivity index (χ0) is 9.97. The molecule has 2 aromatic rings. The standard InChI is InChI=1S/C8H6F2N4/c9-5-2-1-3-6(10)7(5)13-8-11-4-12-14-8/h1-4H,(H2,11,12,13,14). The number of H-pyrrole nitrogens is 1. The maximum Gasteiger partial charge on any atom is 0.223 e. The van der Waals surface area contributed by atoms with Gasteiger partial charge in [0.2, 0.25) is 5.95 Å². The van der Waals surface area contributed by atoms with E-state index in [0.717, 1.165) is 12.1 Å². The maximum absolute atomic E-state index is 13.1. The van der Waals surface area contributed by atoms with Gasteiger partial charge in [-0.15, -0.1) is 0 Å². The third kappa shape index (κ3) is 1.54. The zero-order valence-electron chi connectivity index (χ0n) is 6.96. The van der Waals surface area contributed by atoms with Crippen LogP contribution in [0.5, 0.6) is 0 Å². The first kappa shape index (κ1) is 8.61. The van der Waals surface area contributed by atoms with Gasteiger partial charge in [-0.25, -0.2) is 13.9 Å². The second kappa shape index (κ2) is 3.41. The Morgan fingerprint density at radius 1 is 1.21 bits per heavy atom. The summed E-state index contributed by atoms with van der Waals surface area (Å²) in [6.07, 6.45) is 1.24. The molecule has 2 N–H and O–H groups in total. The average Bonchev–Trinajstić information content (AvgIpc) is 2.64. The van der Waals surface area contributed by atoms with Gasteiger partial charge in [-0.05, 0) is 12.1 Å². The fraction of sp³-hybridized carbons (Fsp3) is 0. The minimum absolute atomic E-state index is 0.189. The van der Waals surface area contributed by atoms with E-state index in [1.165, 1.54) is 12.4 Å². The Hall–Kier alpha value is -1.98. The number of hydrogen-bond donors (Lipinski definition) is 2. The van der Waals surface area contributed by atoms with Crippen molar-refractivity contribution in [1.82, 2.24) is 15.2 Å². The Morgan fingerprint density at radius 3 is 2.50 bits per heavy atom. The molecule has 0 aliphatic heterocycles. The van der Waals surface area contributed by atoms with Crippen LogP contribution in [0.2, 0.25) is 0 Å². The van der Waals surface area contributed by atoms with Gasteiger partial charge in [0.15, 0.2) is 0 Å². The number of hydrogen-bond acceptors (Lipinski definition) is 3. The lowest BCUT2D eigenvalue weighted by Gasteiger charge is -2.04. The predicted octanol–water partition coefficient (Wildman–Crippen LogP) is 1.83. The van der Waals surface area contributed by atoms with Crippen molar-refractivity contribution in [3.05, 3.63) is 36.2 Å². The molecule has 0 atom stereocenters. The van der Waals surface area contributed by atoms with Gasteiger partial charge in [0.05, 0.1) is 0 Å². The molecule has 1 heterocycles. The van der Waals surface area contributed by atoms with E-state index in [0.29, 0.717) is 0 Å². The van der Waals surface area contributed by atoms with Gasteiger partial charge in [0, 0.05) is 0 Å². The van der Waals surface area contributed by atoms with Gasteiger partial charge >= 0.3 is 0 Å². The van der Waals surface area contributed by atoms with Crippen LogP contribution < -0.4 is 5.32 Å². The molecular formula is C8H6F2N4. The normalized spacial score (nSPS) is 10.1. The zero-order valence-corrected chi connectivity index (χ0v) is 6.96. The van der Waals surface area contributed by atoms with E-state index < -0.39 is 11.6 Å². The number of anilines is 2. The monoisotopic (exact) mass is 196 g/mol. The molecule has 0 amide bonds. The van der Waals surface area contributed by atoms with E-state index in [4.69, 9.17) is 0 Å². The van der Waals surface area contributed by atoms with E-state index >= 15 is 0 Å². The number of aromatic nitrogens is 3. The Balaban J connectivity index is 2.33. The molecule has 2 rings (SSSR count). The quantitative estimate of drug-likeness (QED) is 0.770. The van der Waals surface area contributed by atoms with Crippen molar-refractivity contribution < 1.29 is 8.78 Å². The van der Waals surface area contributed by atoms with Crippen LogP contribution >= 0.6 is 0 Å². The van der Waals surface area contributed by atoms with Crippen molar-refractivity contribution in [3.63, 3.8) is 0 Å². The molecule has 72 valence electrons. The first-order valence-electron chi connectivity index (χ1n) is 3.84. The second-order valence-electron chi connectivity index (χ2n) is 2.56. The molecule has 6 heteroatoms. The van der Waals surface area contributed by atoms with Crippen molar-refractivity contribution in [3.8, 4) is 0 Å². The van der Waals surface area contributed by atoms with Gasteiger partial charge < -0.3 is 5.32 Å². The first-order chi connectivity index (χ1) is 6.77. The largest absolute Gasteiger partial charge is 0.320 e. The van der Waals surface area contributed by atoms with Gasteiger partial charge in [0.25, 0.3) is 0 Å². The van der Waals surface area contributed by atoms with Crippen LogP contribution in [-0.2, 0) is 0 Å². The lowest BCUT2D eigenvalue weighted by Crippen LogP contribution is -1.98. The van der Waals surface area contributed by atoms with Crippen molar-refractivity contribution in [1.29, 1.82) is 0 Å². The van der Waals surface area contributed by atoms with Crippen molar-refractivity contribution >= 4 is 11.6 Å². The Morgan fingerprint density at radius 2 is 1.93 bits per heavy atom. The molecule has 0 radical (unpaired) electrons. The number of nitrogens with one attached hydrogen (secondary N) is 2. The highest BCUT2D eigenvalue weighted by atomic mass is 19.1. The second-order valence-corrected chi connectivity index (χ2v) is 2.56. The summed E-state index contributed by atoms with van der Waals surface area (Å²) in [5, 5.41) is 8.41. The number of halogens is 2. The van der Waals surface area contributed by atoms with E-state index in [2.05, 4.69) is 20.5 Å². The first-order valence-corrected chi connectivity index (χ1v) is 3.84. The molecule has 1 aromatic heterocycles. The smallest absolute Gasteiger partial charge is 0.223 e. The summed E-state index contributed by atoms with van der Waals surface area (Å²) >= 11 is 0.